The maximum absolute atomic E-state index is 13.6. The van der Waals surface area contributed by atoms with Gasteiger partial charge in [0.25, 0.3) is 0 Å². The summed E-state index contributed by atoms with van der Waals surface area (Å²) in [5.74, 6) is -1.66. The minimum absolute atomic E-state index is 0.0429. The zero-order chi connectivity index (χ0) is 14.0. The SMILES string of the molecule is NCc1c(F)cccc1N1CCC(C(F)(F)F)CC1. The molecule has 2 N–H and O–H groups in total. The van der Waals surface area contributed by atoms with E-state index in [1.54, 1.807) is 17.0 Å². The van der Waals surface area contributed by atoms with Crippen LogP contribution in [0, 0.1) is 11.7 Å². The molecule has 0 unspecified atom stereocenters. The third kappa shape index (κ3) is 3.00. The van der Waals surface area contributed by atoms with Crippen LogP contribution < -0.4 is 10.6 Å². The molecule has 0 bridgehead atoms. The van der Waals surface area contributed by atoms with Crippen molar-refractivity contribution in [3.63, 3.8) is 0 Å². The first kappa shape index (κ1) is 14.1. The van der Waals surface area contributed by atoms with Gasteiger partial charge in [0.2, 0.25) is 0 Å². The third-order valence-corrected chi connectivity index (χ3v) is 3.60. The van der Waals surface area contributed by atoms with Crippen LogP contribution in [0.4, 0.5) is 23.2 Å². The zero-order valence-corrected chi connectivity index (χ0v) is 10.4. The number of piperidine rings is 1. The minimum atomic E-state index is -4.13. The number of rotatable bonds is 2. The summed E-state index contributed by atoms with van der Waals surface area (Å²) in [6, 6.07) is 4.58. The van der Waals surface area contributed by atoms with Gasteiger partial charge in [-0.1, -0.05) is 6.07 Å². The molecule has 1 aliphatic rings. The van der Waals surface area contributed by atoms with E-state index in [1.807, 2.05) is 0 Å². The topological polar surface area (TPSA) is 29.3 Å². The highest BCUT2D eigenvalue weighted by Gasteiger charge is 2.41. The molecule has 0 radical (unpaired) electrons. The highest BCUT2D eigenvalue weighted by atomic mass is 19.4. The fourth-order valence-electron chi connectivity index (χ4n) is 2.49. The molecule has 106 valence electrons. The summed E-state index contributed by atoms with van der Waals surface area (Å²) in [4.78, 5) is 1.79. The van der Waals surface area contributed by atoms with Crippen molar-refractivity contribution < 1.29 is 17.6 Å². The maximum atomic E-state index is 13.6. The van der Waals surface area contributed by atoms with E-state index < -0.39 is 17.9 Å². The zero-order valence-electron chi connectivity index (χ0n) is 10.4. The first-order valence-corrected chi connectivity index (χ1v) is 6.22. The van der Waals surface area contributed by atoms with Gasteiger partial charge in [0.1, 0.15) is 5.82 Å². The molecule has 1 aromatic rings. The molecule has 1 aromatic carbocycles. The lowest BCUT2D eigenvalue weighted by Gasteiger charge is -2.35. The Balaban J connectivity index is 2.12. The summed E-state index contributed by atoms with van der Waals surface area (Å²) in [6.07, 6.45) is -4.04. The van der Waals surface area contributed by atoms with E-state index >= 15 is 0 Å². The van der Waals surface area contributed by atoms with Crippen molar-refractivity contribution in [2.24, 2.45) is 11.7 Å². The van der Waals surface area contributed by atoms with Crippen LogP contribution in [0.15, 0.2) is 18.2 Å². The predicted octanol–water partition coefficient (Wildman–Crippen LogP) is 3.06. The predicted molar refractivity (Wildman–Crippen MR) is 65.3 cm³/mol. The van der Waals surface area contributed by atoms with E-state index in [-0.39, 0.29) is 32.5 Å². The standard InChI is InChI=1S/C13H16F4N2/c14-11-2-1-3-12(10(11)8-18)19-6-4-9(5-7-19)13(15,16)17/h1-3,9H,4-8,18H2. The summed E-state index contributed by atoms with van der Waals surface area (Å²) in [5.41, 5.74) is 6.49. The largest absolute Gasteiger partial charge is 0.391 e. The lowest BCUT2D eigenvalue weighted by atomic mass is 9.95. The van der Waals surface area contributed by atoms with Gasteiger partial charge < -0.3 is 10.6 Å². The number of nitrogens with two attached hydrogens (primary N) is 1. The number of hydrogen-bond donors (Lipinski definition) is 1. The monoisotopic (exact) mass is 276 g/mol. The summed E-state index contributed by atoms with van der Waals surface area (Å²) in [5, 5.41) is 0. The van der Waals surface area contributed by atoms with Gasteiger partial charge in [-0.3, -0.25) is 0 Å². The molecule has 2 rings (SSSR count). The van der Waals surface area contributed by atoms with Crippen LogP contribution in [0.3, 0.4) is 0 Å². The molecular formula is C13H16F4N2. The quantitative estimate of drug-likeness (QED) is 0.841. The number of nitrogens with zero attached hydrogens (tertiary/aromatic N) is 1. The molecule has 6 heteroatoms. The third-order valence-electron chi connectivity index (χ3n) is 3.60. The fraction of sp³-hybridized carbons (Fsp3) is 0.538. The summed E-state index contributed by atoms with van der Waals surface area (Å²) in [7, 11) is 0. The molecule has 0 aromatic heterocycles. The molecule has 0 spiro atoms. The number of alkyl halides is 3. The number of hydrogen-bond acceptors (Lipinski definition) is 2. The Morgan fingerprint density at radius 2 is 1.84 bits per heavy atom. The van der Waals surface area contributed by atoms with E-state index in [0.717, 1.165) is 0 Å². The smallest absolute Gasteiger partial charge is 0.371 e. The molecule has 1 heterocycles. The second-order valence-electron chi connectivity index (χ2n) is 4.74. The molecule has 0 atom stereocenters. The first-order chi connectivity index (χ1) is 8.93. The average molecular weight is 276 g/mol. The van der Waals surface area contributed by atoms with Crippen LogP contribution in [0.25, 0.3) is 0 Å². The molecular weight excluding hydrogens is 260 g/mol. The van der Waals surface area contributed by atoms with E-state index in [0.29, 0.717) is 11.3 Å². The van der Waals surface area contributed by atoms with Crippen LogP contribution in [0.1, 0.15) is 18.4 Å². The Morgan fingerprint density at radius 1 is 1.21 bits per heavy atom. The van der Waals surface area contributed by atoms with E-state index in [9.17, 15) is 17.6 Å². The van der Waals surface area contributed by atoms with Crippen molar-refractivity contribution in [1.29, 1.82) is 0 Å². The Kier molecular flexibility index (Phi) is 3.99. The minimum Gasteiger partial charge on any atom is -0.371 e. The van der Waals surface area contributed by atoms with Crippen molar-refractivity contribution in [1.82, 2.24) is 0 Å². The van der Waals surface area contributed by atoms with Gasteiger partial charge in [-0.2, -0.15) is 13.2 Å². The normalized spacial score (nSPS) is 17.8. The van der Waals surface area contributed by atoms with Crippen LogP contribution in [-0.4, -0.2) is 19.3 Å². The van der Waals surface area contributed by atoms with Crippen molar-refractivity contribution >= 4 is 5.69 Å². The van der Waals surface area contributed by atoms with E-state index in [2.05, 4.69) is 0 Å². The number of benzene rings is 1. The highest BCUT2D eigenvalue weighted by Crippen LogP contribution is 2.36. The van der Waals surface area contributed by atoms with Gasteiger partial charge in [0.05, 0.1) is 5.92 Å². The highest BCUT2D eigenvalue weighted by molar-refractivity contribution is 5.54. The number of halogens is 4. The van der Waals surface area contributed by atoms with Crippen molar-refractivity contribution in [2.75, 3.05) is 18.0 Å². The Morgan fingerprint density at radius 3 is 2.37 bits per heavy atom. The van der Waals surface area contributed by atoms with Gasteiger partial charge in [-0.05, 0) is 25.0 Å². The average Bonchev–Trinajstić information content (AvgIpc) is 2.37. The van der Waals surface area contributed by atoms with Gasteiger partial charge in [0.15, 0.2) is 0 Å². The summed E-state index contributed by atoms with van der Waals surface area (Å²) < 4.78 is 51.3. The molecule has 1 aliphatic heterocycles. The van der Waals surface area contributed by atoms with E-state index in [1.165, 1.54) is 6.07 Å². The van der Waals surface area contributed by atoms with Crippen LogP contribution in [-0.2, 0) is 6.54 Å². The Labute approximate surface area is 109 Å². The second kappa shape index (κ2) is 5.36. The number of anilines is 1. The molecule has 1 fully saturated rings. The second-order valence-corrected chi connectivity index (χ2v) is 4.74. The Hall–Kier alpha value is -1.30. The molecule has 1 saturated heterocycles. The lowest BCUT2D eigenvalue weighted by Crippen LogP contribution is -2.39. The molecule has 19 heavy (non-hydrogen) atoms. The molecule has 0 aliphatic carbocycles. The van der Waals surface area contributed by atoms with E-state index in [4.69, 9.17) is 5.73 Å². The van der Waals surface area contributed by atoms with Crippen molar-refractivity contribution in [2.45, 2.75) is 25.6 Å². The van der Waals surface area contributed by atoms with Gasteiger partial charge in [-0.15, -0.1) is 0 Å². The van der Waals surface area contributed by atoms with Crippen LogP contribution >= 0.6 is 0 Å². The Bertz CT molecular complexity index is 437. The van der Waals surface area contributed by atoms with Gasteiger partial charge >= 0.3 is 6.18 Å². The summed E-state index contributed by atoms with van der Waals surface area (Å²) >= 11 is 0. The van der Waals surface area contributed by atoms with Gasteiger partial charge in [-0.25, -0.2) is 4.39 Å². The lowest BCUT2D eigenvalue weighted by molar-refractivity contribution is -0.179. The molecule has 0 saturated carbocycles. The molecule has 2 nitrogen and oxygen atoms in total. The first-order valence-electron chi connectivity index (χ1n) is 6.22. The molecule has 0 amide bonds. The fourth-order valence-corrected chi connectivity index (χ4v) is 2.49. The van der Waals surface area contributed by atoms with Crippen molar-refractivity contribution in [3.8, 4) is 0 Å². The van der Waals surface area contributed by atoms with Crippen LogP contribution in [0.2, 0.25) is 0 Å². The maximum Gasteiger partial charge on any atom is 0.391 e. The van der Waals surface area contributed by atoms with Gasteiger partial charge in [0, 0.05) is 30.9 Å². The van der Waals surface area contributed by atoms with Crippen molar-refractivity contribution in [3.05, 3.63) is 29.6 Å². The summed E-state index contributed by atoms with van der Waals surface area (Å²) in [6.45, 7) is 0.600. The van der Waals surface area contributed by atoms with Crippen LogP contribution in [0.5, 0.6) is 0 Å².